The molecule has 0 aromatic heterocycles. The number of benzene rings is 1. The predicted octanol–water partition coefficient (Wildman–Crippen LogP) is 3.13. The zero-order chi connectivity index (χ0) is 18.8. The number of fused-ring (bicyclic) bond motifs is 1. The monoisotopic (exact) mass is 359 g/mol. The fourth-order valence-corrected chi connectivity index (χ4v) is 3.45. The van der Waals surface area contributed by atoms with Crippen molar-refractivity contribution in [1.29, 1.82) is 0 Å². The maximum atomic E-state index is 12.9. The van der Waals surface area contributed by atoms with Crippen molar-refractivity contribution in [2.75, 3.05) is 11.4 Å². The fraction of sp³-hybridized carbons (Fsp3) is 0.550. The average molecular weight is 359 g/mol. The maximum absolute atomic E-state index is 12.9. The first kappa shape index (κ1) is 18.4. The lowest BCUT2D eigenvalue weighted by Gasteiger charge is -2.35. The van der Waals surface area contributed by atoms with E-state index >= 15 is 0 Å². The molecule has 1 aliphatic heterocycles. The van der Waals surface area contributed by atoms with E-state index in [1.807, 2.05) is 13.8 Å². The standard InChI is InChI=1S/C20H25NO5/c1-12(2)19-20(24)21(11-18(23)25-15-6-4-5-7-15)16-10-14(13(3)22)8-9-17(16)26-19/h8-10,12,15,19H,4-7,11H2,1-3H3. The summed E-state index contributed by atoms with van der Waals surface area (Å²) in [4.78, 5) is 38.4. The summed E-state index contributed by atoms with van der Waals surface area (Å²) in [6.07, 6.45) is 3.17. The smallest absolute Gasteiger partial charge is 0.326 e. The van der Waals surface area contributed by atoms with Gasteiger partial charge in [-0.25, -0.2) is 0 Å². The van der Waals surface area contributed by atoms with E-state index in [0.717, 1.165) is 25.7 Å². The third-order valence-corrected chi connectivity index (χ3v) is 4.91. The van der Waals surface area contributed by atoms with Crippen molar-refractivity contribution in [2.45, 2.75) is 58.7 Å². The number of ether oxygens (including phenoxy) is 2. The fourth-order valence-electron chi connectivity index (χ4n) is 3.45. The molecule has 26 heavy (non-hydrogen) atoms. The normalized spacial score (nSPS) is 20.1. The van der Waals surface area contributed by atoms with Crippen molar-refractivity contribution < 1.29 is 23.9 Å². The molecular formula is C20H25NO5. The van der Waals surface area contributed by atoms with Crippen LogP contribution in [0.4, 0.5) is 5.69 Å². The Bertz CT molecular complexity index is 721. The number of amides is 1. The number of Topliss-reactive ketones (excluding diaryl/α,β-unsaturated/α-hetero) is 1. The topological polar surface area (TPSA) is 72.9 Å². The Morgan fingerprint density at radius 1 is 1.27 bits per heavy atom. The van der Waals surface area contributed by atoms with Crippen LogP contribution >= 0.6 is 0 Å². The Morgan fingerprint density at radius 2 is 1.96 bits per heavy atom. The number of carbonyl (C=O) groups excluding carboxylic acids is 3. The third kappa shape index (κ3) is 3.74. The highest BCUT2D eigenvalue weighted by Gasteiger charge is 2.38. The van der Waals surface area contributed by atoms with E-state index in [9.17, 15) is 14.4 Å². The highest BCUT2D eigenvalue weighted by Crippen LogP contribution is 2.36. The molecule has 0 spiro atoms. The van der Waals surface area contributed by atoms with Crippen LogP contribution in [0.15, 0.2) is 18.2 Å². The summed E-state index contributed by atoms with van der Waals surface area (Å²) in [5.41, 5.74) is 0.917. The number of rotatable bonds is 5. The molecule has 0 radical (unpaired) electrons. The summed E-state index contributed by atoms with van der Waals surface area (Å²) in [7, 11) is 0. The molecule has 0 bridgehead atoms. The largest absolute Gasteiger partial charge is 0.478 e. The van der Waals surface area contributed by atoms with Crippen LogP contribution in [0.5, 0.6) is 5.75 Å². The van der Waals surface area contributed by atoms with Gasteiger partial charge in [-0.05, 0) is 56.7 Å². The first-order valence-electron chi connectivity index (χ1n) is 9.19. The van der Waals surface area contributed by atoms with E-state index in [1.54, 1.807) is 18.2 Å². The second kappa shape index (κ2) is 7.48. The molecule has 3 rings (SSSR count). The molecule has 1 aromatic rings. The predicted molar refractivity (Wildman–Crippen MR) is 96.4 cm³/mol. The van der Waals surface area contributed by atoms with Gasteiger partial charge in [0.15, 0.2) is 11.9 Å². The van der Waals surface area contributed by atoms with Crippen molar-refractivity contribution in [2.24, 2.45) is 5.92 Å². The summed E-state index contributed by atoms with van der Waals surface area (Å²) < 4.78 is 11.3. The molecule has 1 atom stereocenters. The lowest BCUT2D eigenvalue weighted by atomic mass is 10.0. The van der Waals surface area contributed by atoms with Gasteiger partial charge in [0.1, 0.15) is 18.4 Å². The zero-order valence-corrected chi connectivity index (χ0v) is 15.5. The molecule has 1 saturated carbocycles. The summed E-state index contributed by atoms with van der Waals surface area (Å²) >= 11 is 0. The minimum atomic E-state index is -0.662. The molecule has 1 amide bonds. The van der Waals surface area contributed by atoms with Crippen LogP contribution in [0, 0.1) is 5.92 Å². The van der Waals surface area contributed by atoms with Crippen molar-refractivity contribution in [3.8, 4) is 5.75 Å². The Kier molecular flexibility index (Phi) is 5.30. The number of nitrogens with zero attached hydrogens (tertiary/aromatic N) is 1. The van der Waals surface area contributed by atoms with Gasteiger partial charge in [-0.1, -0.05) is 13.8 Å². The van der Waals surface area contributed by atoms with Gasteiger partial charge < -0.3 is 9.47 Å². The van der Waals surface area contributed by atoms with Gasteiger partial charge in [0, 0.05) is 5.56 Å². The number of anilines is 1. The highest BCUT2D eigenvalue weighted by atomic mass is 16.5. The first-order chi connectivity index (χ1) is 12.4. The molecule has 1 unspecified atom stereocenters. The lowest BCUT2D eigenvalue weighted by molar-refractivity contribution is -0.148. The maximum Gasteiger partial charge on any atom is 0.326 e. The van der Waals surface area contributed by atoms with Crippen LogP contribution in [0.2, 0.25) is 0 Å². The Labute approximate surface area is 153 Å². The third-order valence-electron chi connectivity index (χ3n) is 4.91. The van der Waals surface area contributed by atoms with Crippen LogP contribution in [-0.4, -0.2) is 36.4 Å². The van der Waals surface area contributed by atoms with Gasteiger partial charge in [-0.15, -0.1) is 0 Å². The number of ketones is 1. The Balaban J connectivity index is 1.87. The zero-order valence-electron chi connectivity index (χ0n) is 15.5. The quantitative estimate of drug-likeness (QED) is 0.596. The molecule has 1 heterocycles. The summed E-state index contributed by atoms with van der Waals surface area (Å²) in [5.74, 6) is -0.358. The van der Waals surface area contributed by atoms with Crippen molar-refractivity contribution >= 4 is 23.3 Å². The molecule has 1 aliphatic carbocycles. The van der Waals surface area contributed by atoms with Crippen molar-refractivity contribution in [3.05, 3.63) is 23.8 Å². The molecule has 0 saturated heterocycles. The van der Waals surface area contributed by atoms with Crippen LogP contribution in [-0.2, 0) is 14.3 Å². The number of carbonyl (C=O) groups is 3. The number of hydrogen-bond acceptors (Lipinski definition) is 5. The van der Waals surface area contributed by atoms with Gasteiger partial charge in [-0.3, -0.25) is 19.3 Å². The molecule has 1 fully saturated rings. The van der Waals surface area contributed by atoms with Gasteiger partial charge in [-0.2, -0.15) is 0 Å². The molecule has 140 valence electrons. The van der Waals surface area contributed by atoms with Gasteiger partial charge in [0.25, 0.3) is 5.91 Å². The van der Waals surface area contributed by atoms with Crippen LogP contribution in [0.25, 0.3) is 0 Å². The van der Waals surface area contributed by atoms with E-state index < -0.39 is 12.1 Å². The SMILES string of the molecule is CC(=O)c1ccc2c(c1)N(CC(=O)OC1CCCC1)C(=O)C(C(C)C)O2. The van der Waals surface area contributed by atoms with Crippen molar-refractivity contribution in [3.63, 3.8) is 0 Å². The van der Waals surface area contributed by atoms with Crippen LogP contribution in [0.1, 0.15) is 56.8 Å². The second-order valence-electron chi connectivity index (χ2n) is 7.34. The first-order valence-corrected chi connectivity index (χ1v) is 9.19. The number of hydrogen-bond donors (Lipinski definition) is 0. The van der Waals surface area contributed by atoms with Crippen LogP contribution in [0.3, 0.4) is 0 Å². The lowest BCUT2D eigenvalue weighted by Crippen LogP contribution is -2.50. The minimum Gasteiger partial charge on any atom is -0.478 e. The summed E-state index contributed by atoms with van der Waals surface area (Å²) in [5, 5.41) is 0. The van der Waals surface area contributed by atoms with E-state index in [0.29, 0.717) is 17.0 Å². The van der Waals surface area contributed by atoms with Gasteiger partial charge >= 0.3 is 5.97 Å². The van der Waals surface area contributed by atoms with Crippen LogP contribution < -0.4 is 9.64 Å². The van der Waals surface area contributed by atoms with Crippen molar-refractivity contribution in [1.82, 2.24) is 0 Å². The summed E-state index contributed by atoms with van der Waals surface area (Å²) in [6.45, 7) is 5.08. The minimum absolute atomic E-state index is 0.0449. The Morgan fingerprint density at radius 3 is 2.58 bits per heavy atom. The number of esters is 1. The van der Waals surface area contributed by atoms with E-state index in [-0.39, 0.29) is 30.3 Å². The Hall–Kier alpha value is -2.37. The molecular weight excluding hydrogens is 334 g/mol. The second-order valence-corrected chi connectivity index (χ2v) is 7.34. The van der Waals surface area contributed by atoms with E-state index in [4.69, 9.17) is 9.47 Å². The van der Waals surface area contributed by atoms with Gasteiger partial charge in [0.05, 0.1) is 5.69 Å². The molecule has 6 heteroatoms. The highest BCUT2D eigenvalue weighted by molar-refractivity contribution is 6.05. The molecule has 1 aromatic carbocycles. The molecule has 6 nitrogen and oxygen atoms in total. The summed E-state index contributed by atoms with van der Waals surface area (Å²) in [6, 6.07) is 4.96. The molecule has 0 N–H and O–H groups in total. The van der Waals surface area contributed by atoms with E-state index in [1.165, 1.54) is 11.8 Å². The van der Waals surface area contributed by atoms with Gasteiger partial charge in [0.2, 0.25) is 0 Å². The molecule has 2 aliphatic rings. The average Bonchev–Trinajstić information content (AvgIpc) is 3.09. The van der Waals surface area contributed by atoms with E-state index in [2.05, 4.69) is 0 Å².